The molecule has 6 nitrogen and oxygen atoms in total. The number of aromatic nitrogens is 2. The van der Waals surface area contributed by atoms with Gasteiger partial charge in [-0.05, 0) is 38.5 Å². The molecule has 104 valence electrons. The summed E-state index contributed by atoms with van der Waals surface area (Å²) in [7, 11) is 1.93. The molecule has 2 aliphatic carbocycles. The number of oxime groups is 1. The van der Waals surface area contributed by atoms with Crippen LogP contribution in [0.1, 0.15) is 36.9 Å². The number of hydrogen-bond donors (Lipinski definition) is 2. The number of amidine groups is 1. The largest absolute Gasteiger partial charge is 0.409 e. The first kappa shape index (κ1) is 12.3. The summed E-state index contributed by atoms with van der Waals surface area (Å²) < 4.78 is 1.86. The molecule has 1 aromatic rings. The van der Waals surface area contributed by atoms with Crippen LogP contribution in [-0.2, 0) is 7.05 Å². The molecule has 0 saturated heterocycles. The third kappa shape index (κ3) is 2.27. The van der Waals surface area contributed by atoms with Gasteiger partial charge in [0.05, 0.1) is 11.3 Å². The first-order valence-electron chi connectivity index (χ1n) is 6.90. The Balaban J connectivity index is 2.00. The van der Waals surface area contributed by atoms with Crippen LogP contribution in [0.2, 0.25) is 0 Å². The molecule has 0 spiro atoms. The Bertz CT molecular complexity index is 513. The molecule has 3 rings (SSSR count). The Kier molecular flexibility index (Phi) is 2.88. The van der Waals surface area contributed by atoms with Crippen LogP contribution < -0.4 is 10.6 Å². The molecular weight excluding hydrogens is 242 g/mol. The van der Waals surface area contributed by atoms with Crippen molar-refractivity contribution in [2.45, 2.75) is 38.6 Å². The monoisotopic (exact) mass is 263 g/mol. The molecule has 0 radical (unpaired) electrons. The van der Waals surface area contributed by atoms with Gasteiger partial charge in [-0.25, -0.2) is 0 Å². The van der Waals surface area contributed by atoms with Gasteiger partial charge in [-0.3, -0.25) is 4.68 Å². The van der Waals surface area contributed by atoms with Crippen molar-refractivity contribution in [1.82, 2.24) is 9.78 Å². The molecule has 2 saturated carbocycles. The fraction of sp³-hybridized carbons (Fsp3) is 0.692. The van der Waals surface area contributed by atoms with E-state index in [1.54, 1.807) is 0 Å². The highest BCUT2D eigenvalue weighted by Gasteiger charge is 2.37. The molecule has 6 heteroatoms. The lowest BCUT2D eigenvalue weighted by Crippen LogP contribution is -2.32. The minimum Gasteiger partial charge on any atom is -0.409 e. The average Bonchev–Trinajstić information content (AvgIpc) is 3.24. The molecule has 0 amide bonds. The van der Waals surface area contributed by atoms with E-state index in [2.05, 4.69) is 15.2 Å². The Morgan fingerprint density at radius 1 is 1.47 bits per heavy atom. The van der Waals surface area contributed by atoms with Crippen molar-refractivity contribution in [2.24, 2.45) is 23.9 Å². The molecule has 0 aliphatic heterocycles. The van der Waals surface area contributed by atoms with Crippen molar-refractivity contribution < 1.29 is 5.21 Å². The molecule has 0 aromatic carbocycles. The zero-order valence-corrected chi connectivity index (χ0v) is 11.5. The van der Waals surface area contributed by atoms with E-state index in [4.69, 9.17) is 10.9 Å². The zero-order valence-electron chi connectivity index (χ0n) is 11.5. The number of nitrogens with zero attached hydrogens (tertiary/aromatic N) is 4. The molecule has 2 aliphatic rings. The molecule has 0 atom stereocenters. The van der Waals surface area contributed by atoms with Crippen LogP contribution in [0.5, 0.6) is 0 Å². The second-order valence-electron chi connectivity index (χ2n) is 5.72. The minimum atomic E-state index is 0.155. The fourth-order valence-corrected chi connectivity index (χ4v) is 2.70. The van der Waals surface area contributed by atoms with Gasteiger partial charge in [-0.15, -0.1) is 0 Å². The zero-order chi connectivity index (χ0) is 13.6. The first-order chi connectivity index (χ1) is 9.11. The maximum Gasteiger partial charge on any atom is 0.175 e. The topological polar surface area (TPSA) is 79.7 Å². The maximum absolute atomic E-state index is 8.98. The Morgan fingerprint density at radius 2 is 2.16 bits per heavy atom. The van der Waals surface area contributed by atoms with E-state index in [-0.39, 0.29) is 5.84 Å². The van der Waals surface area contributed by atoms with Gasteiger partial charge in [0.1, 0.15) is 5.82 Å². The average molecular weight is 263 g/mol. The van der Waals surface area contributed by atoms with Gasteiger partial charge >= 0.3 is 0 Å². The van der Waals surface area contributed by atoms with Gasteiger partial charge in [0.15, 0.2) is 5.84 Å². The second-order valence-corrected chi connectivity index (χ2v) is 5.72. The third-order valence-electron chi connectivity index (χ3n) is 3.97. The van der Waals surface area contributed by atoms with Crippen LogP contribution in [0.25, 0.3) is 0 Å². The van der Waals surface area contributed by atoms with Gasteiger partial charge in [0.25, 0.3) is 0 Å². The van der Waals surface area contributed by atoms with E-state index in [9.17, 15) is 0 Å². The number of rotatable bonds is 5. The van der Waals surface area contributed by atoms with Crippen LogP contribution in [0.3, 0.4) is 0 Å². The van der Waals surface area contributed by atoms with E-state index >= 15 is 0 Å². The van der Waals surface area contributed by atoms with E-state index in [0.29, 0.717) is 6.04 Å². The van der Waals surface area contributed by atoms with Gasteiger partial charge in [-0.1, -0.05) is 5.16 Å². The lowest BCUT2D eigenvalue weighted by atomic mass is 10.2. The fourth-order valence-electron chi connectivity index (χ4n) is 2.70. The van der Waals surface area contributed by atoms with Crippen LogP contribution in [0, 0.1) is 12.8 Å². The summed E-state index contributed by atoms with van der Waals surface area (Å²) in [5, 5.41) is 16.6. The first-order valence-corrected chi connectivity index (χ1v) is 6.90. The highest BCUT2D eigenvalue weighted by molar-refractivity contribution is 6.02. The standard InChI is InChI=1S/C13H21N5O/c1-8-11(12(14)16-19)13(17(2)15-8)18(10-5-6-10)7-9-3-4-9/h9-10,19H,3-7H2,1-2H3,(H2,14,16). The van der Waals surface area contributed by atoms with Crippen molar-refractivity contribution >= 4 is 11.7 Å². The van der Waals surface area contributed by atoms with Crippen LogP contribution >= 0.6 is 0 Å². The Morgan fingerprint density at radius 3 is 2.68 bits per heavy atom. The van der Waals surface area contributed by atoms with Crippen molar-refractivity contribution in [3.05, 3.63) is 11.3 Å². The van der Waals surface area contributed by atoms with Crippen LogP contribution in [0.15, 0.2) is 5.16 Å². The second kappa shape index (κ2) is 4.43. The summed E-state index contributed by atoms with van der Waals surface area (Å²) >= 11 is 0. The van der Waals surface area contributed by atoms with E-state index in [1.807, 2.05) is 18.7 Å². The quantitative estimate of drug-likeness (QED) is 0.362. The summed E-state index contributed by atoms with van der Waals surface area (Å²) in [5.41, 5.74) is 7.42. The predicted octanol–water partition coefficient (Wildman–Crippen LogP) is 1.20. The van der Waals surface area contributed by atoms with E-state index in [1.165, 1.54) is 25.7 Å². The summed E-state index contributed by atoms with van der Waals surface area (Å²) in [6.45, 7) is 2.97. The summed E-state index contributed by atoms with van der Waals surface area (Å²) in [5.74, 6) is 1.96. The Labute approximate surface area is 112 Å². The maximum atomic E-state index is 8.98. The molecule has 0 unspecified atom stereocenters. The van der Waals surface area contributed by atoms with Gasteiger partial charge in [-0.2, -0.15) is 5.10 Å². The number of hydrogen-bond acceptors (Lipinski definition) is 4. The summed E-state index contributed by atoms with van der Waals surface area (Å²) in [6.07, 6.45) is 5.09. The molecule has 19 heavy (non-hydrogen) atoms. The summed E-state index contributed by atoms with van der Waals surface area (Å²) in [4.78, 5) is 2.41. The predicted molar refractivity (Wildman–Crippen MR) is 73.5 cm³/mol. The van der Waals surface area contributed by atoms with Crippen LogP contribution in [-0.4, -0.2) is 33.4 Å². The molecule has 1 heterocycles. The summed E-state index contributed by atoms with van der Waals surface area (Å²) in [6, 6.07) is 0.598. The van der Waals surface area contributed by atoms with Crippen molar-refractivity contribution in [3.63, 3.8) is 0 Å². The third-order valence-corrected chi connectivity index (χ3v) is 3.97. The van der Waals surface area contributed by atoms with Gasteiger partial charge < -0.3 is 15.8 Å². The Hall–Kier alpha value is -1.72. The smallest absolute Gasteiger partial charge is 0.175 e. The molecule has 2 fully saturated rings. The molecule has 3 N–H and O–H groups in total. The van der Waals surface area contributed by atoms with E-state index in [0.717, 1.165) is 29.5 Å². The molecule has 0 bridgehead atoms. The lowest BCUT2D eigenvalue weighted by Gasteiger charge is -2.25. The SMILES string of the molecule is Cc1nn(C)c(N(CC2CC2)C2CC2)c1C(N)=NO. The van der Waals surface area contributed by atoms with Crippen molar-refractivity contribution in [1.29, 1.82) is 0 Å². The molecular formula is C13H21N5O. The van der Waals surface area contributed by atoms with Gasteiger partial charge in [0, 0.05) is 19.6 Å². The van der Waals surface area contributed by atoms with E-state index < -0.39 is 0 Å². The van der Waals surface area contributed by atoms with Crippen LogP contribution in [0.4, 0.5) is 5.82 Å². The minimum absolute atomic E-state index is 0.155. The highest BCUT2D eigenvalue weighted by Crippen LogP contribution is 2.39. The van der Waals surface area contributed by atoms with Gasteiger partial charge in [0.2, 0.25) is 0 Å². The number of aryl methyl sites for hydroxylation is 2. The van der Waals surface area contributed by atoms with Crippen molar-refractivity contribution in [3.8, 4) is 0 Å². The highest BCUT2D eigenvalue weighted by atomic mass is 16.4. The lowest BCUT2D eigenvalue weighted by molar-refractivity contribution is 0.318. The normalized spacial score (nSPS) is 19.8. The molecule has 1 aromatic heterocycles. The van der Waals surface area contributed by atoms with Crippen molar-refractivity contribution in [2.75, 3.05) is 11.4 Å². The number of nitrogens with two attached hydrogens (primary N) is 1. The number of anilines is 1.